The van der Waals surface area contributed by atoms with Gasteiger partial charge in [0.2, 0.25) is 0 Å². The molecule has 0 spiro atoms. The highest BCUT2D eigenvalue weighted by atomic mass is 16.6. The van der Waals surface area contributed by atoms with Gasteiger partial charge < -0.3 is 15.2 Å². The summed E-state index contributed by atoms with van der Waals surface area (Å²) in [7, 11) is 0. The van der Waals surface area contributed by atoms with Crippen LogP contribution in [0.3, 0.4) is 0 Å². The van der Waals surface area contributed by atoms with Crippen molar-refractivity contribution in [3.8, 4) is 0 Å². The summed E-state index contributed by atoms with van der Waals surface area (Å²) in [5.74, 6) is 0.526. The third-order valence-corrected chi connectivity index (χ3v) is 2.34. The Labute approximate surface area is 60.5 Å². The molecule has 0 aromatic rings. The molecule has 2 rings (SSSR count). The van der Waals surface area contributed by atoms with E-state index in [0.29, 0.717) is 12.5 Å². The fraction of sp³-hybridized carbons (Fsp3) is 1.00. The van der Waals surface area contributed by atoms with Gasteiger partial charge in [-0.25, -0.2) is 0 Å². The maximum Gasteiger partial charge on any atom is 0.101 e. The highest BCUT2D eigenvalue weighted by molar-refractivity contribution is 4.94. The fourth-order valence-electron chi connectivity index (χ4n) is 1.72. The van der Waals surface area contributed by atoms with E-state index in [2.05, 4.69) is 6.92 Å². The molecule has 3 nitrogen and oxygen atoms in total. The van der Waals surface area contributed by atoms with Crippen LogP contribution in [0.15, 0.2) is 0 Å². The fourth-order valence-corrected chi connectivity index (χ4v) is 1.72. The summed E-state index contributed by atoms with van der Waals surface area (Å²) in [6.07, 6.45) is 0.449. The number of nitrogens with two attached hydrogens (primary N) is 1. The monoisotopic (exact) mass is 143 g/mol. The second-order valence-electron chi connectivity index (χ2n) is 3.24. The van der Waals surface area contributed by atoms with Gasteiger partial charge in [0, 0.05) is 5.92 Å². The van der Waals surface area contributed by atoms with Gasteiger partial charge in [-0.05, 0) is 0 Å². The Kier molecular flexibility index (Phi) is 1.44. The van der Waals surface area contributed by atoms with Gasteiger partial charge in [0.15, 0.2) is 0 Å². The summed E-state index contributed by atoms with van der Waals surface area (Å²) in [5, 5.41) is 0. The standard InChI is InChI=1S/C7H13NO2/c1-4-2-9-7-5(8)3-10-6(4)7/h4-7H,2-3,8H2,1H3/t4-,5-,6-,7-/m0/s1. The van der Waals surface area contributed by atoms with Crippen molar-refractivity contribution in [3.63, 3.8) is 0 Å². The predicted octanol–water partition coefficient (Wildman–Crippen LogP) is -0.253. The van der Waals surface area contributed by atoms with E-state index in [9.17, 15) is 0 Å². The second-order valence-corrected chi connectivity index (χ2v) is 3.24. The minimum absolute atomic E-state index is 0.106. The van der Waals surface area contributed by atoms with Crippen molar-refractivity contribution in [2.45, 2.75) is 25.2 Å². The summed E-state index contributed by atoms with van der Waals surface area (Å²) in [4.78, 5) is 0. The Balaban J connectivity index is 2.09. The summed E-state index contributed by atoms with van der Waals surface area (Å²) in [6, 6.07) is 0.106. The molecule has 58 valence electrons. The van der Waals surface area contributed by atoms with E-state index in [1.54, 1.807) is 0 Å². The molecule has 0 radical (unpaired) electrons. The number of rotatable bonds is 0. The Bertz CT molecular complexity index is 124. The third-order valence-electron chi connectivity index (χ3n) is 2.34. The van der Waals surface area contributed by atoms with Crippen LogP contribution in [0.2, 0.25) is 0 Å². The van der Waals surface area contributed by atoms with Crippen LogP contribution < -0.4 is 5.73 Å². The van der Waals surface area contributed by atoms with E-state index >= 15 is 0 Å². The smallest absolute Gasteiger partial charge is 0.101 e. The van der Waals surface area contributed by atoms with Gasteiger partial charge in [-0.15, -0.1) is 0 Å². The number of hydrogen-bond donors (Lipinski definition) is 1. The molecule has 4 atom stereocenters. The normalized spacial score (nSPS) is 53.4. The second kappa shape index (κ2) is 2.19. The van der Waals surface area contributed by atoms with Crippen molar-refractivity contribution in [2.24, 2.45) is 11.7 Å². The molecule has 0 aromatic carbocycles. The molecule has 0 aromatic heterocycles. The molecule has 2 heterocycles. The average Bonchev–Trinajstić information content (AvgIpc) is 2.41. The van der Waals surface area contributed by atoms with E-state index < -0.39 is 0 Å². The number of ether oxygens (including phenoxy) is 2. The molecule has 0 saturated carbocycles. The SMILES string of the molecule is C[C@H]1CO[C@@H]2[C@H]1OC[C@@H]2N. The van der Waals surface area contributed by atoms with Crippen LogP contribution in [0.4, 0.5) is 0 Å². The lowest BCUT2D eigenvalue weighted by atomic mass is 10.0. The zero-order valence-electron chi connectivity index (χ0n) is 6.12. The Morgan fingerprint density at radius 2 is 1.90 bits per heavy atom. The van der Waals surface area contributed by atoms with Crippen LogP contribution in [0, 0.1) is 5.92 Å². The van der Waals surface area contributed by atoms with Gasteiger partial charge in [-0.3, -0.25) is 0 Å². The first-order valence-corrected chi connectivity index (χ1v) is 3.78. The zero-order chi connectivity index (χ0) is 7.14. The Hall–Kier alpha value is -0.120. The van der Waals surface area contributed by atoms with Crippen molar-refractivity contribution >= 4 is 0 Å². The largest absolute Gasteiger partial charge is 0.373 e. The highest BCUT2D eigenvalue weighted by Gasteiger charge is 2.43. The molecule has 2 fully saturated rings. The van der Waals surface area contributed by atoms with Crippen LogP contribution in [0.25, 0.3) is 0 Å². The number of hydrogen-bond acceptors (Lipinski definition) is 3. The van der Waals surface area contributed by atoms with Crippen molar-refractivity contribution in [1.29, 1.82) is 0 Å². The topological polar surface area (TPSA) is 44.5 Å². The minimum atomic E-state index is 0.106. The third kappa shape index (κ3) is 0.779. The van der Waals surface area contributed by atoms with Gasteiger partial charge in [0.05, 0.1) is 25.4 Å². The maximum absolute atomic E-state index is 5.73. The van der Waals surface area contributed by atoms with Crippen molar-refractivity contribution < 1.29 is 9.47 Å². The van der Waals surface area contributed by atoms with Crippen LogP contribution in [0.1, 0.15) is 6.92 Å². The molecule has 2 N–H and O–H groups in total. The molecule has 2 saturated heterocycles. The summed E-state index contributed by atoms with van der Waals surface area (Å²) < 4.78 is 10.9. The first kappa shape index (κ1) is 6.58. The summed E-state index contributed by atoms with van der Waals surface area (Å²) >= 11 is 0. The van der Waals surface area contributed by atoms with E-state index in [1.807, 2.05) is 0 Å². The predicted molar refractivity (Wildman–Crippen MR) is 36.6 cm³/mol. The lowest BCUT2D eigenvalue weighted by Crippen LogP contribution is -2.35. The molecule has 0 bridgehead atoms. The molecule has 0 unspecified atom stereocenters. The summed E-state index contributed by atoms with van der Waals surface area (Å²) in [6.45, 7) is 3.62. The van der Waals surface area contributed by atoms with Crippen molar-refractivity contribution in [1.82, 2.24) is 0 Å². The van der Waals surface area contributed by atoms with Crippen molar-refractivity contribution in [3.05, 3.63) is 0 Å². The molecular weight excluding hydrogens is 130 g/mol. The lowest BCUT2D eigenvalue weighted by molar-refractivity contribution is 0.0650. The van der Waals surface area contributed by atoms with E-state index in [-0.39, 0.29) is 18.2 Å². The van der Waals surface area contributed by atoms with E-state index in [4.69, 9.17) is 15.2 Å². The van der Waals surface area contributed by atoms with Crippen LogP contribution in [-0.2, 0) is 9.47 Å². The van der Waals surface area contributed by atoms with Crippen LogP contribution in [0.5, 0.6) is 0 Å². The van der Waals surface area contributed by atoms with Crippen LogP contribution in [-0.4, -0.2) is 31.5 Å². The quantitative estimate of drug-likeness (QED) is 0.508. The van der Waals surface area contributed by atoms with Gasteiger partial charge in [-0.1, -0.05) is 6.92 Å². The van der Waals surface area contributed by atoms with Gasteiger partial charge in [0.1, 0.15) is 6.10 Å². The molecule has 3 heteroatoms. The van der Waals surface area contributed by atoms with Crippen molar-refractivity contribution in [2.75, 3.05) is 13.2 Å². The lowest BCUT2D eigenvalue weighted by Gasteiger charge is -2.10. The van der Waals surface area contributed by atoms with Crippen LogP contribution >= 0.6 is 0 Å². The highest BCUT2D eigenvalue weighted by Crippen LogP contribution is 2.29. The molecule has 2 aliphatic rings. The van der Waals surface area contributed by atoms with Gasteiger partial charge in [0.25, 0.3) is 0 Å². The van der Waals surface area contributed by atoms with Gasteiger partial charge in [-0.2, -0.15) is 0 Å². The minimum Gasteiger partial charge on any atom is -0.373 e. The average molecular weight is 143 g/mol. The molecule has 0 amide bonds. The molecular formula is C7H13NO2. The summed E-state index contributed by atoms with van der Waals surface area (Å²) in [5.41, 5.74) is 5.73. The van der Waals surface area contributed by atoms with E-state index in [0.717, 1.165) is 6.61 Å². The Morgan fingerprint density at radius 3 is 2.60 bits per heavy atom. The van der Waals surface area contributed by atoms with E-state index in [1.165, 1.54) is 0 Å². The first-order valence-electron chi connectivity index (χ1n) is 3.78. The zero-order valence-corrected chi connectivity index (χ0v) is 6.12. The maximum atomic E-state index is 5.73. The molecule has 0 aliphatic carbocycles. The van der Waals surface area contributed by atoms with Gasteiger partial charge >= 0.3 is 0 Å². The number of fused-ring (bicyclic) bond motifs is 1. The first-order chi connectivity index (χ1) is 4.79. The molecule has 2 aliphatic heterocycles. The Morgan fingerprint density at radius 1 is 1.20 bits per heavy atom. The molecule has 10 heavy (non-hydrogen) atoms.